The molecule has 0 atom stereocenters. The van der Waals surface area contributed by atoms with Gasteiger partial charge in [0.2, 0.25) is 5.43 Å². The van der Waals surface area contributed by atoms with Gasteiger partial charge < -0.3 is 9.15 Å². The second-order valence-corrected chi connectivity index (χ2v) is 8.81. The van der Waals surface area contributed by atoms with E-state index in [1.165, 1.54) is 17.6 Å². The Hall–Kier alpha value is -3.07. The van der Waals surface area contributed by atoms with Gasteiger partial charge in [0.1, 0.15) is 17.4 Å². The Bertz CT molecular complexity index is 1340. The number of para-hydroxylation sites is 2. The summed E-state index contributed by atoms with van der Waals surface area (Å²) in [7, 11) is 0. The predicted octanol–water partition coefficient (Wildman–Crippen LogP) is 3.69. The molecule has 0 N–H and O–H groups in total. The molecule has 32 heavy (non-hydrogen) atoms. The van der Waals surface area contributed by atoms with Gasteiger partial charge in [0.05, 0.1) is 28.8 Å². The van der Waals surface area contributed by atoms with Crippen LogP contribution in [-0.2, 0) is 4.74 Å². The van der Waals surface area contributed by atoms with Crippen LogP contribution < -0.4 is 10.3 Å². The number of benzene rings is 2. The number of nitrogens with zero attached hydrogens (tertiary/aromatic N) is 3. The van der Waals surface area contributed by atoms with E-state index in [2.05, 4.69) is 4.90 Å². The normalized spacial score (nSPS) is 14.8. The van der Waals surface area contributed by atoms with Crippen LogP contribution in [0.15, 0.2) is 57.9 Å². The number of hydrogen-bond donors (Lipinski definition) is 0. The summed E-state index contributed by atoms with van der Waals surface area (Å²) >= 11 is 1.46. The van der Waals surface area contributed by atoms with Crippen molar-refractivity contribution in [3.63, 3.8) is 0 Å². The Morgan fingerprint density at radius 2 is 1.97 bits per heavy atom. The van der Waals surface area contributed by atoms with E-state index in [0.717, 1.165) is 28.9 Å². The minimum atomic E-state index is -0.394. The van der Waals surface area contributed by atoms with Crippen LogP contribution in [0, 0.1) is 6.92 Å². The van der Waals surface area contributed by atoms with E-state index < -0.39 is 5.91 Å². The maximum atomic E-state index is 13.6. The van der Waals surface area contributed by atoms with Gasteiger partial charge in [-0.2, -0.15) is 0 Å². The van der Waals surface area contributed by atoms with Crippen LogP contribution in [0.4, 0.5) is 5.13 Å². The van der Waals surface area contributed by atoms with Crippen LogP contribution in [0.1, 0.15) is 15.9 Å². The number of aromatic nitrogens is 1. The zero-order chi connectivity index (χ0) is 22.1. The quantitative estimate of drug-likeness (QED) is 0.463. The standard InChI is InChI=1S/C24H23N3O4S/c1-16-5-4-8-20-21(16)25-24(32-20)27(10-9-26-11-13-30-14-12-26)23(29)18-15-31-19-7-3-2-6-17(19)22(18)28/h2-8,15H,9-14H2,1H3. The van der Waals surface area contributed by atoms with E-state index in [4.69, 9.17) is 14.1 Å². The molecule has 0 saturated carbocycles. The summed E-state index contributed by atoms with van der Waals surface area (Å²) in [5.74, 6) is -0.394. The van der Waals surface area contributed by atoms with Gasteiger partial charge in [0.25, 0.3) is 5.91 Å². The highest BCUT2D eigenvalue weighted by atomic mass is 32.1. The Labute approximate surface area is 188 Å². The summed E-state index contributed by atoms with van der Waals surface area (Å²) in [6.45, 7) is 6.10. The van der Waals surface area contributed by atoms with Gasteiger partial charge >= 0.3 is 0 Å². The van der Waals surface area contributed by atoms with Crippen molar-refractivity contribution in [3.8, 4) is 0 Å². The Morgan fingerprint density at radius 1 is 1.16 bits per heavy atom. The highest BCUT2D eigenvalue weighted by molar-refractivity contribution is 7.22. The van der Waals surface area contributed by atoms with Gasteiger partial charge in [-0.1, -0.05) is 35.6 Å². The molecule has 1 aliphatic rings. The number of morpholine rings is 1. The van der Waals surface area contributed by atoms with E-state index in [-0.39, 0.29) is 11.0 Å². The third-order valence-corrected chi connectivity index (χ3v) is 6.78. The molecule has 7 nitrogen and oxygen atoms in total. The van der Waals surface area contributed by atoms with Crippen molar-refractivity contribution in [1.29, 1.82) is 0 Å². The molecular weight excluding hydrogens is 426 g/mol. The summed E-state index contributed by atoms with van der Waals surface area (Å²) in [6, 6.07) is 12.9. The van der Waals surface area contributed by atoms with E-state index in [0.29, 0.717) is 42.4 Å². The Morgan fingerprint density at radius 3 is 2.78 bits per heavy atom. The van der Waals surface area contributed by atoms with E-state index in [1.807, 2.05) is 25.1 Å². The molecule has 0 unspecified atom stereocenters. The van der Waals surface area contributed by atoms with Crippen molar-refractivity contribution in [2.24, 2.45) is 0 Å². The molecule has 0 bridgehead atoms. The average Bonchev–Trinajstić information content (AvgIpc) is 3.25. The van der Waals surface area contributed by atoms with Crippen molar-refractivity contribution in [2.75, 3.05) is 44.3 Å². The molecule has 0 spiro atoms. The molecule has 1 aliphatic heterocycles. The third kappa shape index (κ3) is 3.92. The molecule has 0 radical (unpaired) electrons. The second kappa shape index (κ2) is 8.82. The first-order valence-electron chi connectivity index (χ1n) is 10.6. The van der Waals surface area contributed by atoms with Gasteiger partial charge in [-0.15, -0.1) is 0 Å². The number of hydrogen-bond acceptors (Lipinski definition) is 7. The van der Waals surface area contributed by atoms with Crippen molar-refractivity contribution >= 4 is 43.6 Å². The van der Waals surface area contributed by atoms with Crippen molar-refractivity contribution in [1.82, 2.24) is 9.88 Å². The lowest BCUT2D eigenvalue weighted by Crippen LogP contribution is -2.44. The largest absolute Gasteiger partial charge is 0.463 e. The minimum absolute atomic E-state index is 0.0154. The highest BCUT2D eigenvalue weighted by Crippen LogP contribution is 2.31. The van der Waals surface area contributed by atoms with Gasteiger partial charge in [-0.3, -0.25) is 19.4 Å². The molecule has 2 aromatic heterocycles. The number of carbonyl (C=O) groups is 1. The number of carbonyl (C=O) groups excluding carboxylic acids is 1. The smallest absolute Gasteiger partial charge is 0.267 e. The summed E-state index contributed by atoms with van der Waals surface area (Å²) in [5, 5.41) is 0.978. The average molecular weight is 450 g/mol. The van der Waals surface area contributed by atoms with Crippen molar-refractivity contribution < 1.29 is 13.9 Å². The number of ether oxygens (including phenoxy) is 1. The number of rotatable bonds is 5. The summed E-state index contributed by atoms with van der Waals surface area (Å²) < 4.78 is 12.1. The number of anilines is 1. The number of aryl methyl sites for hydroxylation is 1. The first kappa shape index (κ1) is 20.8. The lowest BCUT2D eigenvalue weighted by atomic mass is 10.1. The van der Waals surface area contributed by atoms with Crippen LogP contribution in [0.25, 0.3) is 21.2 Å². The van der Waals surface area contributed by atoms with Crippen molar-refractivity contribution in [3.05, 3.63) is 70.1 Å². The van der Waals surface area contributed by atoms with Crippen molar-refractivity contribution in [2.45, 2.75) is 6.92 Å². The van der Waals surface area contributed by atoms with Gasteiger partial charge in [0.15, 0.2) is 5.13 Å². The molecule has 5 rings (SSSR count). The monoisotopic (exact) mass is 449 g/mol. The molecule has 8 heteroatoms. The predicted molar refractivity (Wildman–Crippen MR) is 126 cm³/mol. The Kier molecular flexibility index (Phi) is 5.73. The summed E-state index contributed by atoms with van der Waals surface area (Å²) in [5.41, 5.74) is 2.08. The van der Waals surface area contributed by atoms with Crippen LogP contribution in [-0.4, -0.2) is 55.2 Å². The molecule has 1 saturated heterocycles. The number of thiazole rings is 1. The number of fused-ring (bicyclic) bond motifs is 2. The fourth-order valence-electron chi connectivity index (χ4n) is 3.91. The van der Waals surface area contributed by atoms with E-state index >= 15 is 0 Å². The van der Waals surface area contributed by atoms with Crippen LogP contribution in [0.3, 0.4) is 0 Å². The van der Waals surface area contributed by atoms with Crippen LogP contribution in [0.5, 0.6) is 0 Å². The lowest BCUT2D eigenvalue weighted by Gasteiger charge is -2.29. The summed E-state index contributed by atoms with van der Waals surface area (Å²) in [6.07, 6.45) is 1.27. The molecular formula is C24H23N3O4S. The molecule has 2 aromatic carbocycles. The van der Waals surface area contributed by atoms with E-state index in [1.54, 1.807) is 29.2 Å². The fraction of sp³-hybridized carbons (Fsp3) is 0.292. The maximum Gasteiger partial charge on any atom is 0.267 e. The molecule has 0 aliphatic carbocycles. The topological polar surface area (TPSA) is 75.9 Å². The van der Waals surface area contributed by atoms with Crippen LogP contribution in [0.2, 0.25) is 0 Å². The van der Waals surface area contributed by atoms with Crippen LogP contribution >= 0.6 is 11.3 Å². The summed E-state index contributed by atoms with van der Waals surface area (Å²) in [4.78, 5) is 35.3. The molecule has 1 amide bonds. The first-order chi connectivity index (χ1) is 15.6. The van der Waals surface area contributed by atoms with Gasteiger partial charge in [-0.25, -0.2) is 4.98 Å². The first-order valence-corrected chi connectivity index (χ1v) is 11.4. The molecule has 1 fully saturated rings. The maximum absolute atomic E-state index is 13.6. The van der Waals surface area contributed by atoms with Gasteiger partial charge in [0, 0.05) is 26.2 Å². The second-order valence-electron chi connectivity index (χ2n) is 7.80. The highest BCUT2D eigenvalue weighted by Gasteiger charge is 2.26. The fourth-order valence-corrected chi connectivity index (χ4v) is 4.98. The third-order valence-electron chi connectivity index (χ3n) is 5.74. The Balaban J connectivity index is 1.53. The SMILES string of the molecule is Cc1cccc2sc(N(CCN3CCOCC3)C(=O)c3coc4ccccc4c3=O)nc12. The molecule has 164 valence electrons. The molecule has 4 aromatic rings. The minimum Gasteiger partial charge on any atom is -0.463 e. The van der Waals surface area contributed by atoms with Gasteiger partial charge in [-0.05, 0) is 30.7 Å². The van der Waals surface area contributed by atoms with E-state index in [9.17, 15) is 9.59 Å². The number of amides is 1. The zero-order valence-corrected chi connectivity index (χ0v) is 18.6. The lowest BCUT2D eigenvalue weighted by molar-refractivity contribution is 0.0391. The zero-order valence-electron chi connectivity index (χ0n) is 17.7. The molecule has 3 heterocycles.